The second-order valence-electron chi connectivity index (χ2n) is 14.4. The Labute approximate surface area is 325 Å². The van der Waals surface area contributed by atoms with Gasteiger partial charge in [0.05, 0.1) is 0 Å². The number of hydrogen-bond donors (Lipinski definition) is 0. The van der Waals surface area contributed by atoms with Crippen molar-refractivity contribution in [3.8, 4) is 33.4 Å². The van der Waals surface area contributed by atoms with E-state index in [-0.39, 0.29) is 0 Å². The normalized spacial score (nSPS) is 11.6. The van der Waals surface area contributed by atoms with Gasteiger partial charge in [0, 0.05) is 33.2 Å². The van der Waals surface area contributed by atoms with E-state index in [0.29, 0.717) is 0 Å². The maximum atomic E-state index is 6.35. The molecule has 0 radical (unpaired) electrons. The summed E-state index contributed by atoms with van der Waals surface area (Å²) in [4.78, 5) is 2.35. The number of hydrogen-bond acceptors (Lipinski definition) is 2. The molecule has 262 valence electrons. The fourth-order valence-corrected chi connectivity index (χ4v) is 8.67. The number of anilines is 3. The number of furan rings is 1. The van der Waals surface area contributed by atoms with Gasteiger partial charge in [-0.1, -0.05) is 158 Å². The molecule has 0 N–H and O–H groups in total. The minimum Gasteiger partial charge on any atom is -0.456 e. The van der Waals surface area contributed by atoms with Gasteiger partial charge in [-0.15, -0.1) is 0 Å². The monoisotopic (exact) mass is 713 g/mol. The summed E-state index contributed by atoms with van der Waals surface area (Å²) in [7, 11) is 0. The van der Waals surface area contributed by atoms with Gasteiger partial charge in [0.25, 0.3) is 0 Å². The third-order valence-electron chi connectivity index (χ3n) is 11.2. The van der Waals surface area contributed by atoms with Crippen LogP contribution in [0, 0.1) is 0 Å². The molecule has 0 saturated carbocycles. The summed E-state index contributed by atoms with van der Waals surface area (Å²) in [6, 6.07) is 76.3. The van der Waals surface area contributed by atoms with Crippen LogP contribution >= 0.6 is 0 Å². The lowest BCUT2D eigenvalue weighted by Crippen LogP contribution is -2.09. The van der Waals surface area contributed by atoms with Crippen molar-refractivity contribution < 1.29 is 4.42 Å². The molecule has 10 aromatic carbocycles. The molecule has 0 spiro atoms. The van der Waals surface area contributed by atoms with Crippen molar-refractivity contribution in [1.82, 2.24) is 0 Å². The van der Waals surface area contributed by atoms with E-state index < -0.39 is 0 Å². The van der Waals surface area contributed by atoms with Gasteiger partial charge in [0.15, 0.2) is 0 Å². The Morgan fingerprint density at radius 3 is 1.52 bits per heavy atom. The summed E-state index contributed by atoms with van der Waals surface area (Å²) < 4.78 is 6.35. The van der Waals surface area contributed by atoms with Gasteiger partial charge in [-0.2, -0.15) is 0 Å². The van der Waals surface area contributed by atoms with E-state index in [4.69, 9.17) is 4.42 Å². The van der Waals surface area contributed by atoms with Crippen LogP contribution in [0.4, 0.5) is 17.1 Å². The van der Waals surface area contributed by atoms with E-state index in [1.165, 1.54) is 71.1 Å². The van der Waals surface area contributed by atoms with Crippen LogP contribution < -0.4 is 4.90 Å². The van der Waals surface area contributed by atoms with E-state index in [1.807, 2.05) is 6.07 Å². The molecule has 11 aromatic rings. The van der Waals surface area contributed by atoms with Crippen LogP contribution in [0.3, 0.4) is 0 Å². The van der Waals surface area contributed by atoms with Gasteiger partial charge in [-0.05, 0) is 115 Å². The zero-order chi connectivity index (χ0) is 37.0. The molecular weight excluding hydrogens is 679 g/mol. The van der Waals surface area contributed by atoms with Crippen LogP contribution in [0.2, 0.25) is 0 Å². The van der Waals surface area contributed by atoms with Crippen molar-refractivity contribution in [3.05, 3.63) is 212 Å². The lowest BCUT2D eigenvalue weighted by Gasteiger charge is -2.26. The summed E-state index contributed by atoms with van der Waals surface area (Å²) in [6.45, 7) is 0. The fourth-order valence-electron chi connectivity index (χ4n) is 8.67. The average Bonchev–Trinajstić information content (AvgIpc) is 3.66. The van der Waals surface area contributed by atoms with Crippen molar-refractivity contribution in [3.63, 3.8) is 0 Å². The smallest absolute Gasteiger partial charge is 0.136 e. The third kappa shape index (κ3) is 5.26. The summed E-state index contributed by atoms with van der Waals surface area (Å²) in [5.74, 6) is 0. The highest BCUT2D eigenvalue weighted by molar-refractivity contribution is 6.36. The largest absolute Gasteiger partial charge is 0.456 e. The van der Waals surface area contributed by atoms with Crippen molar-refractivity contribution in [1.29, 1.82) is 0 Å². The van der Waals surface area contributed by atoms with Crippen LogP contribution in [0.25, 0.3) is 87.6 Å². The van der Waals surface area contributed by atoms with E-state index >= 15 is 0 Å². The molecule has 0 aliphatic heterocycles. The van der Waals surface area contributed by atoms with Gasteiger partial charge < -0.3 is 9.32 Å². The van der Waals surface area contributed by atoms with Crippen LogP contribution in [-0.2, 0) is 0 Å². The zero-order valence-corrected chi connectivity index (χ0v) is 30.6. The molecule has 1 heterocycles. The molecule has 56 heavy (non-hydrogen) atoms. The minimum absolute atomic E-state index is 0.918. The van der Waals surface area contributed by atoms with Gasteiger partial charge in [0.2, 0.25) is 0 Å². The Balaban J connectivity index is 1.03. The fraction of sp³-hybridized carbons (Fsp3) is 0. The highest BCUT2D eigenvalue weighted by Gasteiger charge is 2.19. The topological polar surface area (TPSA) is 16.4 Å². The van der Waals surface area contributed by atoms with E-state index in [0.717, 1.165) is 33.6 Å². The van der Waals surface area contributed by atoms with Gasteiger partial charge in [0.1, 0.15) is 11.2 Å². The van der Waals surface area contributed by atoms with Crippen LogP contribution in [0.5, 0.6) is 0 Å². The quantitative estimate of drug-likeness (QED) is 0.160. The zero-order valence-electron chi connectivity index (χ0n) is 30.6. The van der Waals surface area contributed by atoms with Crippen molar-refractivity contribution >= 4 is 71.3 Å². The number of nitrogens with zero attached hydrogens (tertiary/aromatic N) is 1. The van der Waals surface area contributed by atoms with Crippen LogP contribution in [0.15, 0.2) is 217 Å². The molecule has 0 unspecified atom stereocenters. The predicted molar refractivity (Wildman–Crippen MR) is 237 cm³/mol. The molecule has 0 amide bonds. The SMILES string of the molecule is c1ccc(-c2ccc(-c3cccc(N(c4ccccc4)c4ccc(-c5cccc6c7ccc8oc9ccccc9c8c7c7ccccc7c56)cc4)c3)cc2)cc1. The summed E-state index contributed by atoms with van der Waals surface area (Å²) >= 11 is 0. The maximum absolute atomic E-state index is 6.35. The van der Waals surface area contributed by atoms with Gasteiger partial charge >= 0.3 is 0 Å². The molecule has 1 aromatic heterocycles. The molecule has 0 aliphatic rings. The first kappa shape index (κ1) is 32.0. The lowest BCUT2D eigenvalue weighted by molar-refractivity contribution is 0.669. The maximum Gasteiger partial charge on any atom is 0.136 e. The highest BCUT2D eigenvalue weighted by Crippen LogP contribution is 2.45. The van der Waals surface area contributed by atoms with Gasteiger partial charge in [-0.25, -0.2) is 0 Å². The predicted octanol–water partition coefficient (Wildman–Crippen LogP) is 15.5. The molecule has 0 atom stereocenters. The van der Waals surface area contributed by atoms with E-state index in [2.05, 4.69) is 211 Å². The minimum atomic E-state index is 0.918. The Morgan fingerprint density at radius 1 is 0.268 bits per heavy atom. The second-order valence-corrected chi connectivity index (χ2v) is 14.4. The Kier molecular flexibility index (Phi) is 7.53. The van der Waals surface area contributed by atoms with Crippen molar-refractivity contribution in [2.45, 2.75) is 0 Å². The molecule has 0 aliphatic carbocycles. The van der Waals surface area contributed by atoms with E-state index in [9.17, 15) is 0 Å². The number of rotatable bonds is 6. The van der Waals surface area contributed by atoms with Gasteiger partial charge in [-0.3, -0.25) is 0 Å². The average molecular weight is 714 g/mol. The molecule has 0 fully saturated rings. The number of para-hydroxylation sites is 2. The van der Waals surface area contributed by atoms with Crippen LogP contribution in [0.1, 0.15) is 0 Å². The number of fused-ring (bicyclic) bond motifs is 10. The van der Waals surface area contributed by atoms with Crippen molar-refractivity contribution in [2.24, 2.45) is 0 Å². The Morgan fingerprint density at radius 2 is 0.768 bits per heavy atom. The lowest BCUT2D eigenvalue weighted by atomic mass is 9.88. The first-order valence-corrected chi connectivity index (χ1v) is 19.2. The molecule has 0 bridgehead atoms. The summed E-state index contributed by atoms with van der Waals surface area (Å²) in [5, 5.41) is 9.80. The summed E-state index contributed by atoms with van der Waals surface area (Å²) in [6.07, 6.45) is 0. The first-order chi connectivity index (χ1) is 27.8. The summed E-state index contributed by atoms with van der Waals surface area (Å²) in [5.41, 5.74) is 12.4. The van der Waals surface area contributed by atoms with Crippen LogP contribution in [-0.4, -0.2) is 0 Å². The van der Waals surface area contributed by atoms with E-state index in [1.54, 1.807) is 0 Å². The second kappa shape index (κ2) is 13.2. The Hall–Kier alpha value is -7.42. The Bertz CT molecular complexity index is 3190. The molecule has 2 nitrogen and oxygen atoms in total. The molecule has 0 saturated heterocycles. The number of benzene rings is 10. The molecular formula is C54H35NO. The molecule has 11 rings (SSSR count). The first-order valence-electron chi connectivity index (χ1n) is 19.2. The van der Waals surface area contributed by atoms with Crippen molar-refractivity contribution in [2.75, 3.05) is 4.90 Å². The third-order valence-corrected chi connectivity index (χ3v) is 11.2. The standard InChI is InChI=1S/C54H35NO/c1-3-13-36(14-4-1)37-25-27-38(28-26-37)40-15-11-18-43(35-40)55(41-16-5-2-6-17-41)42-31-29-39(30-32-42)44-22-12-23-46-48-33-34-51-54(49-21-9-10-24-50(49)56-51)53(48)47-20-8-7-19-45(47)52(44)46/h1-35H. The molecule has 2 heteroatoms. The highest BCUT2D eigenvalue weighted by atomic mass is 16.3.